The summed E-state index contributed by atoms with van der Waals surface area (Å²) in [4.78, 5) is 14.5. The van der Waals surface area contributed by atoms with Crippen LogP contribution in [0.15, 0.2) is 12.2 Å². The Morgan fingerprint density at radius 1 is 1.23 bits per heavy atom. The van der Waals surface area contributed by atoms with Crippen molar-refractivity contribution in [1.82, 2.24) is 4.90 Å². The van der Waals surface area contributed by atoms with Crippen molar-refractivity contribution in [2.45, 2.75) is 64.4 Å². The van der Waals surface area contributed by atoms with Crippen LogP contribution < -0.4 is 29.6 Å². The van der Waals surface area contributed by atoms with Gasteiger partial charge in [-0.3, -0.25) is 14.3 Å². The van der Waals surface area contributed by atoms with Gasteiger partial charge in [0, 0.05) is 6.42 Å². The van der Waals surface area contributed by atoms with Gasteiger partial charge in [-0.25, -0.2) is 8.42 Å². The Morgan fingerprint density at radius 3 is 2.50 bits per heavy atom. The third-order valence-electron chi connectivity index (χ3n) is 4.85. The quantitative estimate of drug-likeness (QED) is 0.0898. The maximum Gasteiger partial charge on any atom is 1.00 e. The first-order chi connectivity index (χ1) is 13.8. The summed E-state index contributed by atoms with van der Waals surface area (Å²) in [6.45, 7) is 3.23. The molecular weight excluding hydrogens is 419 g/mol. The summed E-state index contributed by atoms with van der Waals surface area (Å²) in [5.74, 6) is -0.581. The van der Waals surface area contributed by atoms with Gasteiger partial charge in [0.2, 0.25) is 5.78 Å². The van der Waals surface area contributed by atoms with Crippen LogP contribution in [0.4, 0.5) is 0 Å². The van der Waals surface area contributed by atoms with Crippen LogP contribution in [0.3, 0.4) is 0 Å². The van der Waals surface area contributed by atoms with Gasteiger partial charge in [0.1, 0.15) is 32.3 Å². The fourth-order valence-corrected chi connectivity index (χ4v) is 4.06. The zero-order valence-corrected chi connectivity index (χ0v) is 21.3. The molecule has 0 bridgehead atoms. The van der Waals surface area contributed by atoms with Gasteiger partial charge in [-0.1, -0.05) is 38.3 Å². The Balaban J connectivity index is 0.00000841. The third kappa shape index (κ3) is 12.5. The standard InChI is InChI=1S/C20H36N2O6S.Na/c1-2-3-4-5-6-7-8-9-10-11-19(25)20-21(14-15-23)12-13-22(20)16-18(24)17-29(26,27)28;/h7-8,18,23-24H,2-6,9-17H2,1H3;/q;+1/b8-7+;. The number of hydrogen-bond acceptors (Lipinski definition) is 7. The molecule has 1 heterocycles. The molecule has 30 heavy (non-hydrogen) atoms. The van der Waals surface area contributed by atoms with Crippen LogP contribution >= 0.6 is 0 Å². The predicted molar refractivity (Wildman–Crippen MR) is 111 cm³/mol. The Morgan fingerprint density at radius 2 is 1.90 bits per heavy atom. The molecule has 0 aliphatic carbocycles. The molecule has 0 aromatic carbocycles. The van der Waals surface area contributed by atoms with Crippen molar-refractivity contribution in [3.63, 3.8) is 0 Å². The summed E-state index contributed by atoms with van der Waals surface area (Å²) < 4.78 is 34.1. The second kappa shape index (κ2) is 16.4. The average Bonchev–Trinajstić information content (AvgIpc) is 3.01. The van der Waals surface area contributed by atoms with Crippen molar-refractivity contribution in [2.24, 2.45) is 0 Å². The van der Waals surface area contributed by atoms with Crippen molar-refractivity contribution < 1.29 is 62.1 Å². The zero-order valence-electron chi connectivity index (χ0n) is 18.5. The van der Waals surface area contributed by atoms with Gasteiger partial charge < -0.3 is 14.8 Å². The Hall–Kier alpha value is -0.290. The van der Waals surface area contributed by atoms with E-state index in [1.54, 1.807) is 9.48 Å². The Labute approximate surface area is 203 Å². The summed E-state index contributed by atoms with van der Waals surface area (Å²) in [5, 5.41) is 19.1. The monoisotopic (exact) mass is 455 g/mol. The third-order valence-corrected chi connectivity index (χ3v) is 5.64. The maximum atomic E-state index is 12.7. The van der Waals surface area contributed by atoms with Crippen LogP contribution in [-0.2, 0) is 14.9 Å². The van der Waals surface area contributed by atoms with E-state index in [1.807, 2.05) is 0 Å². The number of amidine groups is 1. The van der Waals surface area contributed by atoms with Crippen molar-refractivity contribution in [2.75, 3.05) is 38.5 Å². The molecular formula is C20H36N2NaO6S+. The number of aliphatic hydroxyl groups excluding tert-OH is 2. The molecule has 0 saturated heterocycles. The molecule has 1 unspecified atom stereocenters. The minimum Gasteiger partial charge on any atom is -0.748 e. The second-order valence-electron chi connectivity index (χ2n) is 7.49. The molecule has 0 aromatic rings. The number of carbonyl (C=O) groups excluding carboxylic acids is 1. The van der Waals surface area contributed by atoms with E-state index >= 15 is 0 Å². The van der Waals surface area contributed by atoms with Crippen LogP contribution in [-0.4, -0.2) is 88.9 Å². The van der Waals surface area contributed by atoms with E-state index in [9.17, 15) is 28.0 Å². The zero-order chi connectivity index (χ0) is 21.7. The second-order valence-corrected chi connectivity index (χ2v) is 8.94. The van der Waals surface area contributed by atoms with Gasteiger partial charge in [-0.15, -0.1) is 0 Å². The molecule has 8 nitrogen and oxygen atoms in total. The van der Waals surface area contributed by atoms with E-state index in [4.69, 9.17) is 0 Å². The molecule has 0 aromatic heterocycles. The number of carbonyl (C=O) groups is 1. The molecule has 2 N–H and O–H groups in total. The maximum absolute atomic E-state index is 12.7. The molecule has 0 spiro atoms. The Kier molecular flexibility index (Phi) is 16.2. The number of allylic oxidation sites excluding steroid dienone is 2. The molecule has 1 aliphatic heterocycles. The van der Waals surface area contributed by atoms with Gasteiger partial charge in [0.05, 0.1) is 22.5 Å². The number of Topliss-reactive ketones (excluding diaryl/α,β-unsaturated/α-hetero) is 1. The van der Waals surface area contributed by atoms with E-state index < -0.39 is 22.0 Å². The number of ketones is 1. The number of rotatable bonds is 16. The van der Waals surface area contributed by atoms with E-state index in [2.05, 4.69) is 19.1 Å². The first kappa shape index (κ1) is 29.7. The van der Waals surface area contributed by atoms with Crippen LogP contribution in [0, 0.1) is 0 Å². The molecule has 0 amide bonds. The number of aliphatic hydroxyl groups is 2. The Bertz CT molecular complexity index is 666. The van der Waals surface area contributed by atoms with Gasteiger partial charge in [0.15, 0.2) is 0 Å². The first-order valence-corrected chi connectivity index (χ1v) is 12.1. The minimum absolute atomic E-state index is 0. The normalized spacial score (nSPS) is 15.7. The average molecular weight is 456 g/mol. The molecule has 1 rings (SSSR count). The number of nitrogens with zero attached hydrogens (tertiary/aromatic N) is 2. The topological polar surface area (TPSA) is 121 Å². The summed E-state index contributed by atoms with van der Waals surface area (Å²) >= 11 is 0. The summed E-state index contributed by atoms with van der Waals surface area (Å²) in [5.41, 5.74) is 0. The van der Waals surface area contributed by atoms with Gasteiger partial charge in [-0.05, 0) is 25.7 Å². The number of hydrogen-bond donors (Lipinski definition) is 2. The van der Waals surface area contributed by atoms with Crippen LogP contribution in [0.2, 0.25) is 0 Å². The number of β-amino-alcohol motifs (C(OH)–C–C–N with tert-alkyl or cyclic N) is 2. The predicted octanol–water partition coefficient (Wildman–Crippen LogP) is -2.12. The molecule has 1 aliphatic rings. The smallest absolute Gasteiger partial charge is 0.748 e. The van der Waals surface area contributed by atoms with E-state index in [0.717, 1.165) is 12.8 Å². The van der Waals surface area contributed by atoms with Crippen molar-refractivity contribution in [1.29, 1.82) is 0 Å². The van der Waals surface area contributed by atoms with Crippen LogP contribution in [0.1, 0.15) is 58.3 Å². The molecule has 10 heteroatoms. The summed E-state index contributed by atoms with van der Waals surface area (Å²) in [6.07, 6.45) is 10.7. The van der Waals surface area contributed by atoms with Crippen molar-refractivity contribution in [3.8, 4) is 0 Å². The largest absolute Gasteiger partial charge is 1.00 e. The minimum atomic E-state index is -4.54. The summed E-state index contributed by atoms with van der Waals surface area (Å²) in [7, 11) is -4.54. The van der Waals surface area contributed by atoms with E-state index in [-0.39, 0.29) is 48.5 Å². The summed E-state index contributed by atoms with van der Waals surface area (Å²) in [6, 6.07) is 0. The number of unbranched alkanes of at least 4 members (excludes halogenated alkanes) is 5. The van der Waals surface area contributed by atoms with Crippen molar-refractivity contribution >= 4 is 21.7 Å². The van der Waals surface area contributed by atoms with E-state index in [1.165, 1.54) is 25.7 Å². The van der Waals surface area contributed by atoms with Gasteiger partial charge in [0.25, 0.3) is 0 Å². The van der Waals surface area contributed by atoms with Crippen LogP contribution in [0.25, 0.3) is 0 Å². The molecule has 168 valence electrons. The molecule has 0 saturated carbocycles. The fourth-order valence-electron chi connectivity index (χ4n) is 3.48. The first-order valence-electron chi connectivity index (χ1n) is 10.6. The molecule has 0 radical (unpaired) electrons. The molecule has 0 fully saturated rings. The SMILES string of the molecule is CCCCCC/C=C/CCCC(=O)C1=[N+](CC(O)CS(=O)(=O)[O-])CCN1CCO.[Na+]. The fraction of sp³-hybridized carbons (Fsp3) is 0.800. The van der Waals surface area contributed by atoms with Crippen molar-refractivity contribution in [3.05, 3.63) is 12.2 Å². The van der Waals surface area contributed by atoms with Crippen LogP contribution in [0.5, 0.6) is 0 Å². The van der Waals surface area contributed by atoms with Gasteiger partial charge in [-0.2, -0.15) is 0 Å². The molecule has 1 atom stereocenters. The van der Waals surface area contributed by atoms with Gasteiger partial charge >= 0.3 is 35.4 Å². The van der Waals surface area contributed by atoms with E-state index in [0.29, 0.717) is 38.3 Å².